The molecule has 0 unspecified atom stereocenters. The molecule has 0 N–H and O–H groups in total. The van der Waals surface area contributed by atoms with E-state index < -0.39 is 8.97 Å². The number of hydrogen-bond donors (Lipinski definition) is 0. The maximum Gasteiger partial charge on any atom is 0.784 e. The van der Waals surface area contributed by atoms with E-state index in [2.05, 4.69) is 41.5 Å². The molecule has 1 fully saturated rings. The van der Waals surface area contributed by atoms with Crippen molar-refractivity contribution in [3.8, 4) is 0 Å². The lowest BCUT2D eigenvalue weighted by atomic mass is 10.2. The molecule has 1 aliphatic carbocycles. The van der Waals surface area contributed by atoms with Gasteiger partial charge >= 0.3 is 8.97 Å². The Morgan fingerprint density at radius 1 is 0.593 bits per heavy atom. The van der Waals surface area contributed by atoms with Gasteiger partial charge in [0.2, 0.25) is 0 Å². The molecular weight excluding hydrogens is 378 g/mol. The van der Waals surface area contributed by atoms with Gasteiger partial charge in [-0.25, -0.2) is 0 Å². The fourth-order valence-electron chi connectivity index (χ4n) is 3.21. The highest BCUT2D eigenvalue weighted by Gasteiger charge is 2.64. The van der Waals surface area contributed by atoms with Crippen LogP contribution in [0.2, 0.25) is 0 Å². The van der Waals surface area contributed by atoms with Gasteiger partial charge in [0, 0.05) is 19.8 Å². The van der Waals surface area contributed by atoms with Gasteiger partial charge in [-0.1, -0.05) is 59.3 Å². The quantitative estimate of drug-likeness (QED) is 0.356. The van der Waals surface area contributed by atoms with Gasteiger partial charge in [0.05, 0.1) is 19.6 Å². The zero-order valence-corrected chi connectivity index (χ0v) is 20.9. The number of hydrogen-bond acceptors (Lipinski definition) is 3. The van der Waals surface area contributed by atoms with E-state index in [1.54, 1.807) is 0 Å². The fourth-order valence-corrected chi connectivity index (χ4v) is 6.67. The summed E-state index contributed by atoms with van der Waals surface area (Å²) in [7, 11) is -2.75. The van der Waals surface area contributed by atoms with Crippen LogP contribution in [0.15, 0.2) is 0 Å². The van der Waals surface area contributed by atoms with E-state index in [1.165, 1.54) is 57.8 Å². The highest BCUT2D eigenvalue weighted by atomic mass is 35.5. The Hall–Kier alpha value is 0.347. The van der Waals surface area contributed by atoms with Gasteiger partial charge < -0.3 is 29.8 Å². The minimum atomic E-state index is -2.75. The molecule has 1 aliphatic rings. The van der Waals surface area contributed by atoms with E-state index in [0.717, 1.165) is 23.8 Å². The standard InChI is InChI=1S/C18H42NO3Si.C3H6.ClH/c1-7-13-16-19(17-14-8-2,18-15-9-3)23(20-10-4,21-11-5)22-12-6;1-2-3-1;/h7-18H2,1-6H3;1-3H2;1H/q+1;;/p-1. The van der Waals surface area contributed by atoms with Crippen LogP contribution in [0.4, 0.5) is 0 Å². The molecule has 0 radical (unpaired) electrons. The minimum Gasteiger partial charge on any atom is -1.00 e. The molecule has 6 heteroatoms. The molecule has 0 aromatic heterocycles. The summed E-state index contributed by atoms with van der Waals surface area (Å²) in [5.74, 6) is 0. The van der Waals surface area contributed by atoms with Crippen molar-refractivity contribution < 1.29 is 29.8 Å². The first-order chi connectivity index (χ1) is 12.6. The molecule has 0 aromatic rings. The fraction of sp³-hybridized carbons (Fsp3) is 1.00. The Morgan fingerprint density at radius 2 is 0.889 bits per heavy atom. The molecule has 0 aromatic carbocycles. The Kier molecular flexibility index (Phi) is 20.1. The third-order valence-corrected chi connectivity index (χ3v) is 8.53. The Labute approximate surface area is 177 Å². The Balaban J connectivity index is 0. The second-order valence-corrected chi connectivity index (χ2v) is 10.1. The molecule has 0 amide bonds. The second kappa shape index (κ2) is 18.4. The molecule has 4 nitrogen and oxygen atoms in total. The van der Waals surface area contributed by atoms with Crippen molar-refractivity contribution >= 4 is 8.97 Å². The zero-order chi connectivity index (χ0) is 19.7. The van der Waals surface area contributed by atoms with Crippen LogP contribution in [-0.4, -0.2) is 52.6 Å². The maximum absolute atomic E-state index is 6.33. The van der Waals surface area contributed by atoms with Crippen LogP contribution >= 0.6 is 0 Å². The van der Waals surface area contributed by atoms with Crippen molar-refractivity contribution in [1.82, 2.24) is 0 Å². The number of halogens is 1. The van der Waals surface area contributed by atoms with Gasteiger partial charge in [-0.05, 0) is 40.0 Å². The van der Waals surface area contributed by atoms with Crippen LogP contribution < -0.4 is 12.4 Å². The molecule has 1 rings (SSSR count). The Morgan fingerprint density at radius 3 is 1.07 bits per heavy atom. The molecule has 0 atom stereocenters. The average Bonchev–Trinajstić information content (AvgIpc) is 3.51. The summed E-state index contributed by atoms with van der Waals surface area (Å²) < 4.78 is 19.9. The lowest BCUT2D eigenvalue weighted by molar-refractivity contribution is -0.860. The van der Waals surface area contributed by atoms with E-state index in [0.29, 0.717) is 19.8 Å². The van der Waals surface area contributed by atoms with E-state index >= 15 is 0 Å². The molecule has 0 heterocycles. The summed E-state index contributed by atoms with van der Waals surface area (Å²) >= 11 is 0. The van der Waals surface area contributed by atoms with Crippen LogP contribution in [0.3, 0.4) is 0 Å². The zero-order valence-electron chi connectivity index (χ0n) is 19.2. The van der Waals surface area contributed by atoms with Crippen molar-refractivity contribution in [3.63, 3.8) is 0 Å². The largest absolute Gasteiger partial charge is 1.00 e. The summed E-state index contributed by atoms with van der Waals surface area (Å²) in [5, 5.41) is 0. The third kappa shape index (κ3) is 11.2. The first-order valence-electron chi connectivity index (χ1n) is 11.4. The molecule has 1 saturated carbocycles. The summed E-state index contributed by atoms with van der Waals surface area (Å²) in [6.45, 7) is 18.3. The highest BCUT2D eigenvalue weighted by Crippen LogP contribution is 2.29. The van der Waals surface area contributed by atoms with E-state index in [-0.39, 0.29) is 12.4 Å². The number of nitrogens with zero attached hydrogens (tertiary/aromatic N) is 1. The van der Waals surface area contributed by atoms with Gasteiger partial charge in [-0.15, -0.1) is 0 Å². The van der Waals surface area contributed by atoms with Gasteiger partial charge in [0.1, 0.15) is 0 Å². The smallest absolute Gasteiger partial charge is 0.784 e. The monoisotopic (exact) mass is 425 g/mol. The molecule has 0 spiro atoms. The molecule has 0 aliphatic heterocycles. The van der Waals surface area contributed by atoms with Crippen LogP contribution in [-0.2, 0) is 13.3 Å². The number of quaternary nitrogens is 1. The van der Waals surface area contributed by atoms with E-state index in [4.69, 9.17) is 13.3 Å². The average molecular weight is 426 g/mol. The van der Waals surface area contributed by atoms with E-state index in [9.17, 15) is 0 Å². The van der Waals surface area contributed by atoms with Crippen molar-refractivity contribution in [2.24, 2.45) is 0 Å². The first-order valence-corrected chi connectivity index (χ1v) is 13.1. The summed E-state index contributed by atoms with van der Waals surface area (Å²) in [4.78, 5) is 0. The molecule has 0 bridgehead atoms. The van der Waals surface area contributed by atoms with Gasteiger partial charge in [0.15, 0.2) is 0 Å². The molecule has 0 saturated heterocycles. The van der Waals surface area contributed by atoms with Crippen molar-refractivity contribution in [1.29, 1.82) is 0 Å². The second-order valence-electron chi connectivity index (χ2n) is 7.26. The highest BCUT2D eigenvalue weighted by molar-refractivity contribution is 6.52. The predicted molar refractivity (Wildman–Crippen MR) is 114 cm³/mol. The first kappa shape index (κ1) is 29.5. The van der Waals surface area contributed by atoms with Crippen LogP contribution in [0, 0.1) is 0 Å². The number of rotatable bonds is 16. The van der Waals surface area contributed by atoms with Crippen LogP contribution in [0.25, 0.3) is 0 Å². The SMILES string of the molecule is C1CC1.CCCC[N+](CCCC)(CCCC)[Si](OCC)(OCC)OCC.[Cl-]. The van der Waals surface area contributed by atoms with Crippen LogP contribution in [0.1, 0.15) is 99.3 Å². The summed E-state index contributed by atoms with van der Waals surface area (Å²) in [6, 6.07) is 0. The van der Waals surface area contributed by atoms with Crippen LogP contribution in [0.5, 0.6) is 0 Å². The van der Waals surface area contributed by atoms with Gasteiger partial charge in [0.25, 0.3) is 0 Å². The van der Waals surface area contributed by atoms with Gasteiger partial charge in [-0.3, -0.25) is 0 Å². The molecule has 27 heavy (non-hydrogen) atoms. The lowest BCUT2D eigenvalue weighted by Gasteiger charge is -2.47. The normalized spacial score (nSPS) is 13.6. The van der Waals surface area contributed by atoms with Crippen molar-refractivity contribution in [2.75, 3.05) is 39.5 Å². The third-order valence-electron chi connectivity index (χ3n) is 4.73. The topological polar surface area (TPSA) is 27.7 Å². The van der Waals surface area contributed by atoms with Gasteiger partial charge in [-0.2, -0.15) is 0 Å². The van der Waals surface area contributed by atoms with Crippen molar-refractivity contribution in [2.45, 2.75) is 99.3 Å². The minimum absolute atomic E-state index is 0. The van der Waals surface area contributed by atoms with E-state index in [1.807, 2.05) is 0 Å². The maximum atomic E-state index is 6.33. The summed E-state index contributed by atoms with van der Waals surface area (Å²) in [6.07, 6.45) is 11.7. The van der Waals surface area contributed by atoms with Crippen molar-refractivity contribution in [3.05, 3.63) is 0 Å². The molecule has 166 valence electrons. The predicted octanol–water partition coefficient (Wildman–Crippen LogP) is 2.92. The Bertz CT molecular complexity index is 278. The summed E-state index contributed by atoms with van der Waals surface area (Å²) in [5.41, 5.74) is 0. The number of unbranched alkanes of at least 4 members (excludes halogenated alkanes) is 3. The lowest BCUT2D eigenvalue weighted by Crippen LogP contribution is -3.00. The molecular formula is C21H48ClNO3Si.